The van der Waals surface area contributed by atoms with Gasteiger partial charge in [-0.05, 0) is 59.5 Å². The van der Waals surface area contributed by atoms with Crippen LogP contribution in [0.3, 0.4) is 0 Å². The molecular formula is C37H47NO14. The highest BCUT2D eigenvalue weighted by atomic mass is 16.7. The molecule has 15 heteroatoms. The summed E-state index contributed by atoms with van der Waals surface area (Å²) in [5.41, 5.74) is -4.54. The van der Waals surface area contributed by atoms with Crippen LogP contribution < -0.4 is 4.74 Å². The lowest BCUT2D eigenvalue weighted by molar-refractivity contribution is -0.345. The van der Waals surface area contributed by atoms with Crippen molar-refractivity contribution in [3.8, 4) is 17.2 Å². The highest BCUT2D eigenvalue weighted by Gasteiger charge is 2.60. The van der Waals surface area contributed by atoms with Crippen LogP contribution in [-0.4, -0.2) is 138 Å². The largest absolute Gasteiger partial charge is 0.507 e. The maximum Gasteiger partial charge on any atom is 0.228 e. The predicted molar refractivity (Wildman–Crippen MR) is 180 cm³/mol. The highest BCUT2D eigenvalue weighted by molar-refractivity contribution is 6.31. The second-order valence-corrected chi connectivity index (χ2v) is 15.4. The molecule has 2 aliphatic carbocycles. The minimum absolute atomic E-state index is 0.00146. The first-order valence-corrected chi connectivity index (χ1v) is 17.2. The second-order valence-electron chi connectivity index (χ2n) is 15.4. The van der Waals surface area contributed by atoms with E-state index in [-0.39, 0.29) is 46.4 Å². The molecule has 0 radical (unpaired) electrons. The third-order valence-corrected chi connectivity index (χ3v) is 11.8. The molecule has 2 bridgehead atoms. The average Bonchev–Trinajstić information content (AvgIpc) is 3.05. The van der Waals surface area contributed by atoms with Crippen molar-refractivity contribution >= 4 is 11.6 Å². The third kappa shape index (κ3) is 5.09. The van der Waals surface area contributed by atoms with E-state index in [9.17, 15) is 35.1 Å². The zero-order valence-electron chi connectivity index (χ0n) is 30.6. The summed E-state index contributed by atoms with van der Waals surface area (Å²) in [6.07, 6.45) is -8.03. The number of nitrogens with zero attached hydrogens (tertiary/aromatic N) is 1. The fraction of sp³-hybridized carbons (Fsp3) is 0.622. The Morgan fingerprint density at radius 2 is 1.62 bits per heavy atom. The molecule has 0 saturated carbocycles. The molecule has 5 N–H and O–H groups in total. The Balaban J connectivity index is 1.34. The number of benzene rings is 2. The number of hydrogen-bond acceptors (Lipinski definition) is 15. The lowest BCUT2D eigenvalue weighted by Gasteiger charge is -2.53. The van der Waals surface area contributed by atoms with E-state index in [4.69, 9.17) is 33.2 Å². The van der Waals surface area contributed by atoms with Gasteiger partial charge >= 0.3 is 0 Å². The Morgan fingerprint density at radius 3 is 2.23 bits per heavy atom. The Bertz CT molecular complexity index is 1830. The molecule has 5 aliphatic rings. The van der Waals surface area contributed by atoms with Gasteiger partial charge in [0.25, 0.3) is 0 Å². The molecule has 2 fully saturated rings. The van der Waals surface area contributed by atoms with Crippen LogP contribution in [-0.2, 0) is 40.4 Å². The van der Waals surface area contributed by atoms with E-state index in [0.29, 0.717) is 5.56 Å². The van der Waals surface area contributed by atoms with E-state index < -0.39 is 101 Å². The number of ether oxygens (including phenoxy) is 7. The Kier molecular flexibility index (Phi) is 8.86. The zero-order chi connectivity index (χ0) is 38.0. The standard InChI is InChI=1S/C37H47NO14/c1-14-31(46-7)37(4,48-9)32(47-8)34(49-14)50-19-13-35(2,45)12-15-10-16-21(26(41)20(15)19)27(42)22-18(39)11-17-29(23(22)25(16)40)51-33-28(43)24(38(5)6)30(44)36(17,3)52-33/h10-11,14,19,24,28,30-34,39,41,43-45H,12-13H2,1-9H3/t14-,19+,24-,28-,30+,31-,32-,33-,34+,35-,36-,37-/m1/s1. The van der Waals surface area contributed by atoms with Gasteiger partial charge in [0.1, 0.15) is 52.9 Å². The van der Waals surface area contributed by atoms with Gasteiger partial charge in [-0.3, -0.25) is 9.59 Å². The zero-order valence-corrected chi connectivity index (χ0v) is 30.6. The smallest absolute Gasteiger partial charge is 0.228 e. The number of carbonyl (C=O) groups excluding carboxylic acids is 2. The van der Waals surface area contributed by atoms with E-state index >= 15 is 0 Å². The van der Waals surface area contributed by atoms with Crippen molar-refractivity contribution in [2.45, 2.75) is 113 Å². The normalized spacial score (nSPS) is 39.4. The third-order valence-electron chi connectivity index (χ3n) is 11.8. The molecule has 3 heterocycles. The Labute approximate surface area is 300 Å². The lowest BCUT2D eigenvalue weighted by Crippen LogP contribution is -2.68. The minimum Gasteiger partial charge on any atom is -0.507 e. The lowest BCUT2D eigenvalue weighted by atomic mass is 9.72. The van der Waals surface area contributed by atoms with Crippen molar-refractivity contribution < 1.29 is 68.3 Å². The molecule has 2 aromatic carbocycles. The van der Waals surface area contributed by atoms with Gasteiger partial charge in [0.2, 0.25) is 12.1 Å². The molecule has 52 heavy (non-hydrogen) atoms. The number of aliphatic hydroxyl groups excluding tert-OH is 2. The van der Waals surface area contributed by atoms with Gasteiger partial charge in [0.15, 0.2) is 12.1 Å². The van der Waals surface area contributed by atoms with Crippen molar-refractivity contribution in [3.63, 3.8) is 0 Å². The van der Waals surface area contributed by atoms with Crippen LogP contribution in [0.2, 0.25) is 0 Å². The molecule has 2 saturated heterocycles. The number of aliphatic hydroxyl groups is 3. The summed E-state index contributed by atoms with van der Waals surface area (Å²) in [6.45, 7) is 6.76. The van der Waals surface area contributed by atoms with Crippen LogP contribution in [0.25, 0.3) is 0 Å². The Morgan fingerprint density at radius 1 is 0.942 bits per heavy atom. The molecule has 0 aromatic heterocycles. The monoisotopic (exact) mass is 729 g/mol. The molecule has 2 aromatic rings. The van der Waals surface area contributed by atoms with Gasteiger partial charge in [-0.1, -0.05) is 0 Å². The molecule has 3 aliphatic heterocycles. The van der Waals surface area contributed by atoms with Gasteiger partial charge in [-0.15, -0.1) is 0 Å². The number of methoxy groups -OCH3 is 3. The number of aromatic hydroxyl groups is 2. The summed E-state index contributed by atoms with van der Waals surface area (Å²) >= 11 is 0. The molecule has 0 spiro atoms. The summed E-state index contributed by atoms with van der Waals surface area (Å²) < 4.78 is 42.2. The number of rotatable bonds is 6. The molecule has 7 rings (SSSR count). The number of phenols is 2. The maximum absolute atomic E-state index is 14.5. The van der Waals surface area contributed by atoms with Crippen molar-refractivity contribution in [2.75, 3.05) is 35.4 Å². The highest BCUT2D eigenvalue weighted by Crippen LogP contribution is 2.55. The van der Waals surface area contributed by atoms with E-state index in [1.54, 1.807) is 39.8 Å². The summed E-state index contributed by atoms with van der Waals surface area (Å²) in [6, 6.07) is 1.82. The summed E-state index contributed by atoms with van der Waals surface area (Å²) in [4.78, 5) is 30.6. The second kappa shape index (κ2) is 12.4. The number of carbonyl (C=O) groups is 2. The number of phenolic OH excluding ortho intramolecular Hbond substituents is 2. The van der Waals surface area contributed by atoms with Gasteiger partial charge in [-0.2, -0.15) is 0 Å². The SMILES string of the molecule is CO[C@@H]1[C@H](O[C@H]2C[C@](C)(O)Cc3cc4c(c(O)c32)C(=O)c2c(O)cc3c(c2C4=O)O[C@@H]2O[C@@]3(C)[C@@H](O)[C@H](N(C)C)[C@H]2O)O[C@H](C)[C@@H](OC)[C@@]1(C)OC. The topological polar surface area (TPSA) is 203 Å². The van der Waals surface area contributed by atoms with Crippen LogP contribution >= 0.6 is 0 Å². The average molecular weight is 730 g/mol. The van der Waals surface area contributed by atoms with Crippen molar-refractivity contribution in [3.05, 3.63) is 51.1 Å². The number of fused-ring (bicyclic) bond motifs is 8. The molecule has 0 amide bonds. The quantitative estimate of drug-likeness (QED) is 0.244. The van der Waals surface area contributed by atoms with Crippen molar-refractivity contribution in [1.82, 2.24) is 4.90 Å². The van der Waals surface area contributed by atoms with Gasteiger partial charge in [0, 0.05) is 50.9 Å². The first kappa shape index (κ1) is 37.1. The van der Waals surface area contributed by atoms with E-state index in [1.807, 2.05) is 6.92 Å². The summed E-state index contributed by atoms with van der Waals surface area (Å²) in [5.74, 6) is -2.85. The molecule has 15 nitrogen and oxygen atoms in total. The first-order chi connectivity index (χ1) is 24.3. The maximum atomic E-state index is 14.5. The van der Waals surface area contributed by atoms with Gasteiger partial charge in [0.05, 0.1) is 40.5 Å². The number of likely N-dealkylation sites (N-methyl/N-ethyl adjacent to an activating group) is 1. The van der Waals surface area contributed by atoms with Crippen molar-refractivity contribution in [2.24, 2.45) is 0 Å². The predicted octanol–water partition coefficient (Wildman–Crippen LogP) is 1.42. The molecule has 0 unspecified atom stereocenters. The van der Waals surface area contributed by atoms with Gasteiger partial charge in [-0.25, -0.2) is 0 Å². The molecule has 284 valence electrons. The molecular weight excluding hydrogens is 682 g/mol. The fourth-order valence-corrected chi connectivity index (χ4v) is 9.20. The first-order valence-electron chi connectivity index (χ1n) is 17.2. The van der Waals surface area contributed by atoms with E-state index in [2.05, 4.69) is 0 Å². The van der Waals surface area contributed by atoms with Crippen LogP contribution in [0, 0.1) is 0 Å². The van der Waals surface area contributed by atoms with Crippen molar-refractivity contribution in [1.29, 1.82) is 0 Å². The van der Waals surface area contributed by atoms with E-state index in [0.717, 1.165) is 0 Å². The van der Waals surface area contributed by atoms with Gasteiger partial charge < -0.3 is 63.6 Å². The van der Waals surface area contributed by atoms with Crippen LogP contribution in [0.5, 0.6) is 17.2 Å². The van der Waals surface area contributed by atoms with Crippen LogP contribution in [0.1, 0.15) is 88.8 Å². The van der Waals surface area contributed by atoms with Crippen LogP contribution in [0.4, 0.5) is 0 Å². The Hall–Kier alpha value is -3.22. The number of ketones is 2. The number of hydrogen-bond donors (Lipinski definition) is 5. The minimum atomic E-state index is -1.55. The molecule has 12 atom stereocenters. The van der Waals surface area contributed by atoms with Crippen LogP contribution in [0.15, 0.2) is 12.1 Å². The fourth-order valence-electron chi connectivity index (χ4n) is 9.20. The van der Waals surface area contributed by atoms with E-state index in [1.165, 1.54) is 33.5 Å². The summed E-state index contributed by atoms with van der Waals surface area (Å²) in [7, 11) is 7.89. The summed E-state index contributed by atoms with van der Waals surface area (Å²) in [5, 5.41) is 57.4.